The number of cyclic esters (lactones) is 1. The van der Waals surface area contributed by atoms with Gasteiger partial charge in [0.25, 0.3) is 0 Å². The molecular weight excluding hydrogens is 359 g/mol. The van der Waals surface area contributed by atoms with Gasteiger partial charge in [0, 0.05) is 26.1 Å². The lowest BCUT2D eigenvalue weighted by molar-refractivity contribution is -0.120. The van der Waals surface area contributed by atoms with Gasteiger partial charge in [0.2, 0.25) is 5.91 Å². The Kier molecular flexibility index (Phi) is 5.55. The number of hydrogen-bond acceptors (Lipinski definition) is 5. The summed E-state index contributed by atoms with van der Waals surface area (Å²) in [5, 5.41) is 5.73. The molecule has 0 aliphatic carbocycles. The summed E-state index contributed by atoms with van der Waals surface area (Å²) in [4.78, 5) is 27.4. The third-order valence-corrected chi connectivity index (χ3v) is 4.49. The van der Waals surface area contributed by atoms with E-state index in [1.165, 1.54) is 11.0 Å². The van der Waals surface area contributed by atoms with Gasteiger partial charge in [-0.2, -0.15) is 0 Å². The minimum atomic E-state index is -0.504. The van der Waals surface area contributed by atoms with Crippen molar-refractivity contribution in [3.8, 4) is 0 Å². The molecule has 0 radical (unpaired) electrons. The molecule has 2 N–H and O–H groups in total. The van der Waals surface area contributed by atoms with E-state index in [4.69, 9.17) is 17.0 Å². The van der Waals surface area contributed by atoms with Crippen molar-refractivity contribution in [1.82, 2.24) is 10.6 Å². The average molecular weight is 380 g/mol. The predicted molar refractivity (Wildman–Crippen MR) is 100 cm³/mol. The first-order valence-corrected chi connectivity index (χ1v) is 8.88. The number of nitrogens with one attached hydrogen (secondary N) is 2. The fourth-order valence-electron chi connectivity index (χ4n) is 3.02. The van der Waals surface area contributed by atoms with Crippen LogP contribution in [0.2, 0.25) is 0 Å². The summed E-state index contributed by atoms with van der Waals surface area (Å²) in [7, 11) is 0. The molecule has 2 saturated heterocycles. The van der Waals surface area contributed by atoms with Crippen molar-refractivity contribution in [2.24, 2.45) is 0 Å². The molecule has 2 amide bonds. The number of carbonyl (C=O) groups is 2. The number of amides is 2. The van der Waals surface area contributed by atoms with Crippen LogP contribution in [0, 0.1) is 5.82 Å². The van der Waals surface area contributed by atoms with Gasteiger partial charge >= 0.3 is 6.09 Å². The zero-order valence-corrected chi connectivity index (χ0v) is 15.3. The normalized spacial score (nSPS) is 20.5. The highest BCUT2D eigenvalue weighted by Crippen LogP contribution is 2.28. The molecule has 3 rings (SSSR count). The topological polar surface area (TPSA) is 73.9 Å². The standard InChI is InChI=1S/C17H21FN4O3S/c1-11(26)20-9-13-10-22(17(24)25-13)12-2-3-15(14(18)8-12)21-6-4-16(23)19-5-7-21/h2-3,8,13H,4-7,9-10H2,1H3,(H,19,23)(H,20,26)/t13-/m0/s1. The molecule has 1 aromatic rings. The smallest absolute Gasteiger partial charge is 0.414 e. The highest BCUT2D eigenvalue weighted by atomic mass is 32.1. The van der Waals surface area contributed by atoms with Gasteiger partial charge in [0.15, 0.2) is 0 Å². The Hall–Kier alpha value is -2.42. The maximum Gasteiger partial charge on any atom is 0.414 e. The molecule has 1 aromatic carbocycles. The molecule has 0 saturated carbocycles. The Morgan fingerprint density at radius 1 is 1.42 bits per heavy atom. The maximum atomic E-state index is 14.6. The molecule has 9 heteroatoms. The number of carbonyl (C=O) groups excluding carboxylic acids is 2. The summed E-state index contributed by atoms with van der Waals surface area (Å²) in [5.74, 6) is -0.462. The van der Waals surface area contributed by atoms with Crippen LogP contribution in [0.3, 0.4) is 0 Å². The highest BCUT2D eigenvalue weighted by Gasteiger charge is 2.32. The largest absolute Gasteiger partial charge is 0.442 e. The number of benzene rings is 1. The average Bonchev–Trinajstić information content (AvgIpc) is 2.83. The minimum absolute atomic E-state index is 0.0319. The van der Waals surface area contributed by atoms with Gasteiger partial charge in [0.05, 0.1) is 29.5 Å². The summed E-state index contributed by atoms with van der Waals surface area (Å²) in [6, 6.07) is 4.66. The molecule has 0 unspecified atom stereocenters. The van der Waals surface area contributed by atoms with Crippen LogP contribution in [-0.2, 0) is 9.53 Å². The van der Waals surface area contributed by atoms with E-state index >= 15 is 0 Å². The number of nitrogens with zero attached hydrogens (tertiary/aromatic N) is 2. The van der Waals surface area contributed by atoms with Crippen molar-refractivity contribution < 1.29 is 18.7 Å². The van der Waals surface area contributed by atoms with Gasteiger partial charge in [-0.1, -0.05) is 12.2 Å². The zero-order valence-electron chi connectivity index (χ0n) is 14.5. The van der Waals surface area contributed by atoms with Crippen molar-refractivity contribution in [2.75, 3.05) is 42.5 Å². The quantitative estimate of drug-likeness (QED) is 0.770. The monoisotopic (exact) mass is 380 g/mol. The van der Waals surface area contributed by atoms with Gasteiger partial charge in [0.1, 0.15) is 11.9 Å². The SMILES string of the molecule is CC(=S)NC[C@H]1CN(c2ccc(N3CCNC(=O)CC3)c(F)c2)C(=O)O1. The zero-order chi connectivity index (χ0) is 18.7. The highest BCUT2D eigenvalue weighted by molar-refractivity contribution is 7.80. The molecule has 1 atom stereocenters. The second kappa shape index (κ2) is 7.86. The number of anilines is 2. The van der Waals surface area contributed by atoms with E-state index in [-0.39, 0.29) is 12.0 Å². The van der Waals surface area contributed by atoms with Gasteiger partial charge in [-0.25, -0.2) is 9.18 Å². The Labute approximate surface area is 156 Å². The molecule has 2 aliphatic heterocycles. The Morgan fingerprint density at radius 2 is 2.23 bits per heavy atom. The van der Waals surface area contributed by atoms with Crippen molar-refractivity contribution in [1.29, 1.82) is 0 Å². The number of ether oxygens (including phenoxy) is 1. The van der Waals surface area contributed by atoms with Gasteiger partial charge in [-0.3, -0.25) is 9.69 Å². The number of rotatable bonds is 4. The maximum absolute atomic E-state index is 14.6. The Balaban J connectivity index is 1.70. The van der Waals surface area contributed by atoms with E-state index in [0.717, 1.165) is 0 Å². The first kappa shape index (κ1) is 18.4. The van der Waals surface area contributed by atoms with Crippen molar-refractivity contribution in [2.45, 2.75) is 19.4 Å². The number of hydrogen-bond donors (Lipinski definition) is 2. The van der Waals surface area contributed by atoms with Gasteiger partial charge in [-0.05, 0) is 25.1 Å². The minimum Gasteiger partial charge on any atom is -0.442 e. The second-order valence-electron chi connectivity index (χ2n) is 6.28. The second-order valence-corrected chi connectivity index (χ2v) is 6.89. The van der Waals surface area contributed by atoms with Gasteiger partial charge < -0.3 is 20.3 Å². The summed E-state index contributed by atoms with van der Waals surface area (Å²) in [6.45, 7) is 3.98. The molecule has 2 fully saturated rings. The van der Waals surface area contributed by atoms with Crippen molar-refractivity contribution in [3.05, 3.63) is 24.0 Å². The van der Waals surface area contributed by atoms with Crippen LogP contribution in [0.1, 0.15) is 13.3 Å². The molecule has 0 aromatic heterocycles. The molecule has 2 aliphatic rings. The Bertz CT molecular complexity index is 730. The lowest BCUT2D eigenvalue weighted by atomic mass is 10.2. The Morgan fingerprint density at radius 3 is 2.96 bits per heavy atom. The molecule has 0 spiro atoms. The summed E-state index contributed by atoms with van der Waals surface area (Å²) in [5.41, 5.74) is 0.870. The van der Waals surface area contributed by atoms with Crippen LogP contribution in [0.15, 0.2) is 18.2 Å². The van der Waals surface area contributed by atoms with Crippen LogP contribution in [0.5, 0.6) is 0 Å². The summed E-state index contributed by atoms with van der Waals surface area (Å²) in [6.07, 6.45) is -0.519. The van der Waals surface area contributed by atoms with E-state index in [9.17, 15) is 14.0 Å². The third-order valence-electron chi connectivity index (χ3n) is 4.35. The molecule has 2 heterocycles. The number of halogens is 1. The van der Waals surface area contributed by atoms with Crippen molar-refractivity contribution in [3.63, 3.8) is 0 Å². The molecule has 0 bridgehead atoms. The van der Waals surface area contributed by atoms with Crippen molar-refractivity contribution >= 4 is 40.6 Å². The first-order chi connectivity index (χ1) is 12.4. The van der Waals surface area contributed by atoms with E-state index in [2.05, 4.69) is 10.6 Å². The lowest BCUT2D eigenvalue weighted by Gasteiger charge is -2.23. The van der Waals surface area contributed by atoms with Crippen LogP contribution in [-0.4, -0.2) is 55.8 Å². The molecular formula is C17H21FN4O3S. The predicted octanol–water partition coefficient (Wildman–Crippen LogP) is 1.41. The fourth-order valence-corrected chi connectivity index (χ4v) is 3.11. The molecule has 140 valence electrons. The summed E-state index contributed by atoms with van der Waals surface area (Å²) < 4.78 is 19.9. The van der Waals surface area contributed by atoms with E-state index in [1.807, 2.05) is 4.90 Å². The first-order valence-electron chi connectivity index (χ1n) is 8.48. The van der Waals surface area contributed by atoms with Crippen LogP contribution >= 0.6 is 12.2 Å². The van der Waals surface area contributed by atoms with E-state index < -0.39 is 11.9 Å². The summed E-state index contributed by atoms with van der Waals surface area (Å²) >= 11 is 4.95. The lowest BCUT2D eigenvalue weighted by Crippen LogP contribution is -2.32. The van der Waals surface area contributed by atoms with Crippen LogP contribution in [0.25, 0.3) is 0 Å². The van der Waals surface area contributed by atoms with Crippen LogP contribution < -0.4 is 20.4 Å². The third kappa shape index (κ3) is 4.21. The fraction of sp³-hybridized carbons (Fsp3) is 0.471. The molecule has 26 heavy (non-hydrogen) atoms. The molecule has 7 nitrogen and oxygen atoms in total. The van der Waals surface area contributed by atoms with Gasteiger partial charge in [-0.15, -0.1) is 0 Å². The van der Waals surface area contributed by atoms with Crippen LogP contribution in [0.4, 0.5) is 20.6 Å². The van der Waals surface area contributed by atoms with E-state index in [0.29, 0.717) is 55.5 Å². The van der Waals surface area contributed by atoms with E-state index in [1.54, 1.807) is 19.1 Å². The number of thiocarbonyl (C=S) groups is 1.